The summed E-state index contributed by atoms with van der Waals surface area (Å²) < 4.78 is 12.9. The average molecular weight is 334 g/mol. The van der Waals surface area contributed by atoms with Crippen LogP contribution in [0.4, 0.5) is 0 Å². The molecule has 0 aliphatic heterocycles. The molecule has 1 aliphatic rings. The van der Waals surface area contributed by atoms with Gasteiger partial charge in [-0.1, -0.05) is 30.9 Å². The molecule has 1 aliphatic carbocycles. The van der Waals surface area contributed by atoms with Crippen LogP contribution in [-0.2, 0) is 21.3 Å². The van der Waals surface area contributed by atoms with Crippen molar-refractivity contribution in [3.63, 3.8) is 0 Å². The van der Waals surface area contributed by atoms with Crippen molar-refractivity contribution in [1.82, 2.24) is 5.32 Å². The fourth-order valence-electron chi connectivity index (χ4n) is 2.38. The number of carbonyl (C=O) groups is 1. The molecule has 6 heteroatoms. The molecular weight excluding hydrogens is 314 g/mol. The Bertz CT molecular complexity index is 483. The molecule has 0 unspecified atom stereocenters. The van der Waals surface area contributed by atoms with E-state index < -0.39 is 16.0 Å². The Morgan fingerprint density at radius 3 is 2.75 bits per heavy atom. The van der Waals surface area contributed by atoms with E-state index in [1.165, 1.54) is 30.6 Å². The smallest absolute Gasteiger partial charge is 0.235 e. The number of rotatable bonds is 5. The summed E-state index contributed by atoms with van der Waals surface area (Å²) in [6.07, 6.45) is 5.70. The molecule has 0 aromatic carbocycles. The van der Waals surface area contributed by atoms with Gasteiger partial charge >= 0.3 is 0 Å². The highest BCUT2D eigenvalue weighted by atomic mass is 35.5. The second-order valence-corrected chi connectivity index (χ2v) is 8.77. The maximum Gasteiger partial charge on any atom is 0.235 e. The molecule has 3 nitrogen and oxygen atoms in total. The first kappa shape index (κ1) is 16.0. The zero-order chi connectivity index (χ0) is 14.5. The third-order valence-corrected chi connectivity index (χ3v) is 6.64. The van der Waals surface area contributed by atoms with E-state index >= 15 is 0 Å². The Morgan fingerprint density at radius 2 is 2.15 bits per heavy atom. The maximum atomic E-state index is 12.2. The monoisotopic (exact) mass is 333 g/mol. The largest absolute Gasteiger partial charge is 0.352 e. The van der Waals surface area contributed by atoms with Crippen molar-refractivity contribution in [2.45, 2.75) is 56.1 Å². The van der Waals surface area contributed by atoms with Gasteiger partial charge in [-0.25, -0.2) is 0 Å². The number of amides is 1. The number of hydrogen-bond acceptors (Lipinski definition) is 3. The van der Waals surface area contributed by atoms with Crippen LogP contribution in [0.15, 0.2) is 12.1 Å². The molecule has 0 saturated heterocycles. The zero-order valence-corrected chi connectivity index (χ0v) is 14.0. The predicted molar refractivity (Wildman–Crippen MR) is 85.7 cm³/mol. The van der Waals surface area contributed by atoms with Gasteiger partial charge in [0.25, 0.3) is 0 Å². The predicted octanol–water partition coefficient (Wildman–Crippen LogP) is 3.49. The topological polar surface area (TPSA) is 46.2 Å². The van der Waals surface area contributed by atoms with Crippen LogP contribution in [0.2, 0.25) is 4.34 Å². The molecular formula is C14H20ClNO2S2. The van der Waals surface area contributed by atoms with Crippen LogP contribution < -0.4 is 5.32 Å². The lowest BCUT2D eigenvalue weighted by atomic mass is 9.95. The van der Waals surface area contributed by atoms with Gasteiger partial charge in [0.1, 0.15) is 5.25 Å². The summed E-state index contributed by atoms with van der Waals surface area (Å²) in [6.45, 7) is 1.74. The van der Waals surface area contributed by atoms with Crippen LogP contribution >= 0.6 is 22.9 Å². The van der Waals surface area contributed by atoms with Crippen molar-refractivity contribution in [3.05, 3.63) is 21.3 Å². The molecule has 0 bridgehead atoms. The normalized spacial score (nSPS) is 19.5. The summed E-state index contributed by atoms with van der Waals surface area (Å²) >= 11 is 7.28. The summed E-state index contributed by atoms with van der Waals surface area (Å²) in [5.74, 6) is 0.314. The van der Waals surface area contributed by atoms with Gasteiger partial charge in [0, 0.05) is 21.7 Å². The second-order valence-electron chi connectivity index (χ2n) is 5.22. The van der Waals surface area contributed by atoms with Gasteiger partial charge < -0.3 is 5.32 Å². The molecule has 1 N–H and O–H groups in total. The maximum absolute atomic E-state index is 12.2. The number of thiophene rings is 1. The Kier molecular flexibility index (Phi) is 6.05. The number of carbonyl (C=O) groups excluding carboxylic acids is 1. The van der Waals surface area contributed by atoms with Crippen molar-refractivity contribution in [3.8, 4) is 0 Å². The van der Waals surface area contributed by atoms with E-state index in [4.69, 9.17) is 11.6 Å². The van der Waals surface area contributed by atoms with Crippen LogP contribution in [0, 0.1) is 0 Å². The van der Waals surface area contributed by atoms with Crippen molar-refractivity contribution in [2.24, 2.45) is 0 Å². The van der Waals surface area contributed by atoms with E-state index in [2.05, 4.69) is 5.32 Å². The fraction of sp³-hybridized carbons (Fsp3) is 0.643. The summed E-state index contributed by atoms with van der Waals surface area (Å²) in [7, 11) is -1.20. The molecule has 1 aromatic heterocycles. The summed E-state index contributed by atoms with van der Waals surface area (Å²) in [4.78, 5) is 13.1. The third kappa shape index (κ3) is 4.57. The van der Waals surface area contributed by atoms with Gasteiger partial charge in [0.15, 0.2) is 0 Å². The zero-order valence-electron chi connectivity index (χ0n) is 11.6. The van der Waals surface area contributed by atoms with Gasteiger partial charge in [-0.2, -0.15) is 0 Å². The van der Waals surface area contributed by atoms with Crippen LogP contribution in [0.5, 0.6) is 0 Å². The average Bonchev–Trinajstić information content (AvgIpc) is 2.84. The highest BCUT2D eigenvalue weighted by Crippen LogP contribution is 2.23. The SMILES string of the molecule is C[C@@H](C(=O)NC1CCCCC1)[S@@](=O)Cc1ccc(Cl)s1. The lowest BCUT2D eigenvalue weighted by molar-refractivity contribution is -0.121. The van der Waals surface area contributed by atoms with E-state index in [9.17, 15) is 9.00 Å². The van der Waals surface area contributed by atoms with E-state index in [1.54, 1.807) is 13.0 Å². The second kappa shape index (κ2) is 7.57. The quantitative estimate of drug-likeness (QED) is 0.896. The minimum Gasteiger partial charge on any atom is -0.352 e. The molecule has 1 heterocycles. The van der Waals surface area contributed by atoms with Gasteiger partial charge in [-0.05, 0) is 31.9 Å². The van der Waals surface area contributed by atoms with E-state index in [-0.39, 0.29) is 11.9 Å². The highest BCUT2D eigenvalue weighted by Gasteiger charge is 2.24. The van der Waals surface area contributed by atoms with E-state index in [1.807, 2.05) is 6.07 Å². The number of hydrogen-bond donors (Lipinski definition) is 1. The molecule has 1 aromatic rings. The molecule has 1 fully saturated rings. The number of nitrogens with one attached hydrogen (secondary N) is 1. The molecule has 2 rings (SSSR count). The van der Waals surface area contributed by atoms with Crippen molar-refractivity contribution < 1.29 is 9.00 Å². The minimum absolute atomic E-state index is 0.0853. The van der Waals surface area contributed by atoms with Crippen LogP contribution in [0.3, 0.4) is 0 Å². The Hall–Kier alpha value is -0.390. The highest BCUT2D eigenvalue weighted by molar-refractivity contribution is 7.85. The van der Waals surface area contributed by atoms with Gasteiger partial charge in [-0.15, -0.1) is 11.3 Å². The van der Waals surface area contributed by atoms with Gasteiger partial charge in [-0.3, -0.25) is 9.00 Å². The van der Waals surface area contributed by atoms with Gasteiger partial charge in [0.2, 0.25) is 5.91 Å². The first-order valence-electron chi connectivity index (χ1n) is 6.98. The molecule has 0 radical (unpaired) electrons. The molecule has 2 atom stereocenters. The Balaban J connectivity index is 1.84. The summed E-state index contributed by atoms with van der Waals surface area (Å²) in [5.41, 5.74) is 0. The Labute approximate surface area is 131 Å². The van der Waals surface area contributed by atoms with Crippen LogP contribution in [-0.4, -0.2) is 21.4 Å². The van der Waals surface area contributed by atoms with Crippen molar-refractivity contribution >= 4 is 39.6 Å². The van der Waals surface area contributed by atoms with Gasteiger partial charge in [0.05, 0.1) is 10.1 Å². The minimum atomic E-state index is -1.20. The number of halogens is 1. The fourth-order valence-corrected chi connectivity index (χ4v) is 4.78. The first-order valence-corrected chi connectivity index (χ1v) is 9.55. The van der Waals surface area contributed by atoms with Crippen molar-refractivity contribution in [1.29, 1.82) is 0 Å². The molecule has 0 spiro atoms. The van der Waals surface area contributed by atoms with E-state index in [0.29, 0.717) is 10.1 Å². The van der Waals surface area contributed by atoms with E-state index in [0.717, 1.165) is 17.7 Å². The van der Waals surface area contributed by atoms with Crippen molar-refractivity contribution in [2.75, 3.05) is 0 Å². The lowest BCUT2D eigenvalue weighted by Gasteiger charge is -2.24. The summed E-state index contributed by atoms with van der Waals surface area (Å²) in [5, 5.41) is 2.56. The lowest BCUT2D eigenvalue weighted by Crippen LogP contribution is -2.42. The molecule has 20 heavy (non-hydrogen) atoms. The van der Waals surface area contributed by atoms with Crippen LogP contribution in [0.1, 0.15) is 43.9 Å². The molecule has 1 amide bonds. The van der Waals surface area contributed by atoms with Crippen LogP contribution in [0.25, 0.3) is 0 Å². The molecule has 112 valence electrons. The first-order chi connectivity index (χ1) is 9.56. The standard InChI is InChI=1S/C14H20ClNO2S2/c1-10(14(17)16-11-5-3-2-4-6-11)20(18)9-12-7-8-13(15)19-12/h7-8,10-11H,2-6,9H2,1H3,(H,16,17)/t10-,20-/m0/s1. The summed E-state index contributed by atoms with van der Waals surface area (Å²) in [6, 6.07) is 3.94. The molecule has 1 saturated carbocycles. The third-order valence-electron chi connectivity index (χ3n) is 3.63. The Morgan fingerprint density at radius 1 is 1.45 bits per heavy atom.